The number of rotatable bonds is 2. The lowest BCUT2D eigenvalue weighted by molar-refractivity contribution is 0.708. The lowest BCUT2D eigenvalue weighted by atomic mass is 10.1. The summed E-state index contributed by atoms with van der Waals surface area (Å²) in [6.45, 7) is 2.18. The van der Waals surface area contributed by atoms with E-state index in [0.717, 1.165) is 0 Å². The van der Waals surface area contributed by atoms with E-state index in [9.17, 15) is 0 Å². The van der Waals surface area contributed by atoms with Crippen LogP contribution in [-0.2, 0) is 0 Å². The van der Waals surface area contributed by atoms with E-state index in [2.05, 4.69) is 23.5 Å². The number of hydrogen-bond acceptors (Lipinski definition) is 2. The van der Waals surface area contributed by atoms with Gasteiger partial charge in [-0.3, -0.25) is 5.43 Å². The van der Waals surface area contributed by atoms with Gasteiger partial charge in [-0.25, -0.2) is 0 Å². The second-order valence-electron chi connectivity index (χ2n) is 2.22. The van der Waals surface area contributed by atoms with Crippen molar-refractivity contribution in [2.45, 2.75) is 19.8 Å². The maximum absolute atomic E-state index is 3.92. The smallest absolute Gasteiger partial charge is 0.0316 e. The molecule has 2 heteroatoms. The summed E-state index contributed by atoms with van der Waals surface area (Å²) in [5.41, 5.74) is 2.76. The molecule has 0 bridgehead atoms. The highest BCUT2D eigenvalue weighted by molar-refractivity contribution is 5.63. The molecule has 0 radical (unpaired) electrons. The number of hydrazone groups is 1. The molecule has 1 atom stereocenters. The van der Waals surface area contributed by atoms with E-state index in [1.807, 2.05) is 12.4 Å². The fraction of sp³-hybridized carbons (Fsp3) is 0.571. The first kappa shape index (κ1) is 6.33. The maximum atomic E-state index is 3.92. The Morgan fingerprint density at radius 1 is 1.67 bits per heavy atom. The lowest BCUT2D eigenvalue weighted by Crippen LogP contribution is -2.08. The van der Waals surface area contributed by atoms with Crippen LogP contribution >= 0.6 is 0 Å². The molecule has 1 aliphatic heterocycles. The topological polar surface area (TPSA) is 24.4 Å². The summed E-state index contributed by atoms with van der Waals surface area (Å²) in [4.78, 5) is 0. The van der Waals surface area contributed by atoms with Crippen LogP contribution in [0.25, 0.3) is 0 Å². The van der Waals surface area contributed by atoms with Crippen LogP contribution in [0.5, 0.6) is 0 Å². The predicted octanol–water partition coefficient (Wildman–Crippen LogP) is 1.51. The van der Waals surface area contributed by atoms with Gasteiger partial charge >= 0.3 is 0 Å². The van der Waals surface area contributed by atoms with Crippen molar-refractivity contribution in [3.8, 4) is 0 Å². The maximum Gasteiger partial charge on any atom is 0.0316 e. The Bertz CT molecular complexity index is 115. The summed E-state index contributed by atoms with van der Waals surface area (Å²) in [6, 6.07) is 0. The Hall–Kier alpha value is -0.790. The molecule has 1 unspecified atom stereocenters. The van der Waals surface area contributed by atoms with Crippen LogP contribution in [0.2, 0.25) is 0 Å². The van der Waals surface area contributed by atoms with Crippen molar-refractivity contribution in [3.05, 3.63) is 12.3 Å². The highest BCUT2D eigenvalue weighted by Gasteiger charge is 2.00. The summed E-state index contributed by atoms with van der Waals surface area (Å²) >= 11 is 0. The molecule has 1 rings (SSSR count). The Morgan fingerprint density at radius 2 is 2.56 bits per heavy atom. The molecule has 0 saturated heterocycles. The fourth-order valence-corrected chi connectivity index (χ4v) is 0.902. The van der Waals surface area contributed by atoms with Gasteiger partial charge in [-0.05, 0) is 6.42 Å². The third-order valence-corrected chi connectivity index (χ3v) is 1.38. The van der Waals surface area contributed by atoms with E-state index in [1.165, 1.54) is 12.8 Å². The molecule has 50 valence electrons. The second kappa shape index (κ2) is 3.28. The van der Waals surface area contributed by atoms with Gasteiger partial charge in [0.15, 0.2) is 0 Å². The Kier molecular flexibility index (Phi) is 2.31. The van der Waals surface area contributed by atoms with E-state index in [1.54, 1.807) is 0 Å². The third kappa shape index (κ3) is 1.88. The van der Waals surface area contributed by atoms with Crippen molar-refractivity contribution in [2.24, 2.45) is 11.0 Å². The zero-order valence-electron chi connectivity index (χ0n) is 5.67. The molecular formula is C7H12N2. The number of allylic oxidation sites excluding steroid dienone is 1. The van der Waals surface area contributed by atoms with E-state index in [0.29, 0.717) is 5.92 Å². The highest BCUT2D eigenvalue weighted by atomic mass is 15.3. The molecule has 0 aliphatic carbocycles. The summed E-state index contributed by atoms with van der Waals surface area (Å²) in [7, 11) is 0. The minimum absolute atomic E-state index is 0.566. The summed E-state index contributed by atoms with van der Waals surface area (Å²) in [5, 5.41) is 3.92. The molecule has 0 amide bonds. The molecule has 9 heavy (non-hydrogen) atoms. The average Bonchev–Trinajstić information content (AvgIpc) is 1.91. The molecule has 1 aliphatic rings. The fourth-order valence-electron chi connectivity index (χ4n) is 0.902. The van der Waals surface area contributed by atoms with Crippen molar-refractivity contribution >= 4 is 6.21 Å². The summed E-state index contributed by atoms with van der Waals surface area (Å²) in [5.74, 6) is 0.566. The molecule has 1 N–H and O–H groups in total. The highest BCUT2D eigenvalue weighted by Crippen LogP contribution is 2.06. The first-order valence-electron chi connectivity index (χ1n) is 3.39. The van der Waals surface area contributed by atoms with Crippen LogP contribution in [-0.4, -0.2) is 6.21 Å². The van der Waals surface area contributed by atoms with Crippen LogP contribution in [0.3, 0.4) is 0 Å². The van der Waals surface area contributed by atoms with Gasteiger partial charge in [0.2, 0.25) is 0 Å². The average molecular weight is 124 g/mol. The van der Waals surface area contributed by atoms with Crippen molar-refractivity contribution < 1.29 is 0 Å². The second-order valence-corrected chi connectivity index (χ2v) is 2.22. The molecular weight excluding hydrogens is 112 g/mol. The van der Waals surface area contributed by atoms with Gasteiger partial charge in [0.25, 0.3) is 0 Å². The van der Waals surface area contributed by atoms with Crippen molar-refractivity contribution in [2.75, 3.05) is 0 Å². The van der Waals surface area contributed by atoms with Crippen LogP contribution in [0.1, 0.15) is 19.8 Å². The Balaban J connectivity index is 2.31. The monoisotopic (exact) mass is 124 g/mol. The molecule has 2 nitrogen and oxygen atoms in total. The van der Waals surface area contributed by atoms with Crippen LogP contribution in [0.15, 0.2) is 17.4 Å². The lowest BCUT2D eigenvalue weighted by Gasteiger charge is -2.07. The zero-order valence-corrected chi connectivity index (χ0v) is 5.67. The van der Waals surface area contributed by atoms with Crippen LogP contribution < -0.4 is 5.43 Å². The number of nitrogens with one attached hydrogen (secondary N) is 1. The number of nitrogens with zero attached hydrogens (tertiary/aromatic N) is 1. The van der Waals surface area contributed by atoms with Gasteiger partial charge in [-0.1, -0.05) is 19.4 Å². The molecule has 1 heterocycles. The van der Waals surface area contributed by atoms with Crippen molar-refractivity contribution in [3.63, 3.8) is 0 Å². The zero-order chi connectivity index (χ0) is 6.53. The summed E-state index contributed by atoms with van der Waals surface area (Å²) in [6.07, 6.45) is 8.41. The van der Waals surface area contributed by atoms with Gasteiger partial charge < -0.3 is 0 Å². The van der Waals surface area contributed by atoms with Gasteiger partial charge in [-0.15, -0.1) is 0 Å². The SMILES string of the molecule is CCCC1C=CNN=C1. The van der Waals surface area contributed by atoms with Gasteiger partial charge in [0, 0.05) is 18.3 Å². The van der Waals surface area contributed by atoms with Gasteiger partial charge in [0.1, 0.15) is 0 Å². The quantitative estimate of drug-likeness (QED) is 0.592. The van der Waals surface area contributed by atoms with E-state index < -0.39 is 0 Å². The minimum atomic E-state index is 0.566. The molecule has 0 aromatic carbocycles. The van der Waals surface area contributed by atoms with E-state index in [-0.39, 0.29) is 0 Å². The molecule has 0 saturated carbocycles. The standard InChI is InChI=1S/C7H12N2/c1-2-3-7-4-5-8-9-6-7/h4-8H,2-3H2,1H3. The molecule has 0 aromatic rings. The van der Waals surface area contributed by atoms with Gasteiger partial charge in [0.05, 0.1) is 0 Å². The van der Waals surface area contributed by atoms with E-state index in [4.69, 9.17) is 0 Å². The summed E-state index contributed by atoms with van der Waals surface area (Å²) < 4.78 is 0. The third-order valence-electron chi connectivity index (χ3n) is 1.38. The van der Waals surface area contributed by atoms with E-state index >= 15 is 0 Å². The van der Waals surface area contributed by atoms with Gasteiger partial charge in [-0.2, -0.15) is 5.10 Å². The molecule has 0 spiro atoms. The van der Waals surface area contributed by atoms with Crippen molar-refractivity contribution in [1.29, 1.82) is 0 Å². The predicted molar refractivity (Wildman–Crippen MR) is 39.2 cm³/mol. The molecule has 0 aromatic heterocycles. The van der Waals surface area contributed by atoms with Crippen LogP contribution in [0.4, 0.5) is 0 Å². The Morgan fingerprint density at radius 3 is 3.11 bits per heavy atom. The largest absolute Gasteiger partial charge is 0.286 e. The normalized spacial score (nSPS) is 23.9. The van der Waals surface area contributed by atoms with Crippen LogP contribution in [0, 0.1) is 5.92 Å². The first-order chi connectivity index (χ1) is 4.43. The minimum Gasteiger partial charge on any atom is -0.286 e. The first-order valence-corrected chi connectivity index (χ1v) is 3.39. The Labute approximate surface area is 55.6 Å². The number of hydrogen-bond donors (Lipinski definition) is 1. The molecule has 0 fully saturated rings. The van der Waals surface area contributed by atoms with Crippen molar-refractivity contribution in [1.82, 2.24) is 5.43 Å².